The highest BCUT2D eigenvalue weighted by atomic mass is 31.2. The molecule has 0 saturated carbocycles. The molecular weight excluding hydrogens is 679 g/mol. The first-order valence-electron chi connectivity index (χ1n) is 17.4. The van der Waals surface area contributed by atoms with Gasteiger partial charge in [-0.25, -0.2) is 4.57 Å². The Morgan fingerprint density at radius 3 is 2.14 bits per heavy atom. The van der Waals surface area contributed by atoms with Gasteiger partial charge in [0.15, 0.2) is 12.1 Å². The van der Waals surface area contributed by atoms with Gasteiger partial charge in [0, 0.05) is 32.2 Å². The fraction of sp³-hybridized carbons (Fsp3) is 0.667. The summed E-state index contributed by atoms with van der Waals surface area (Å²) in [6.45, 7) is 20.5. The van der Waals surface area contributed by atoms with Gasteiger partial charge in [-0.3, -0.25) is 23.2 Å². The van der Waals surface area contributed by atoms with E-state index in [0.29, 0.717) is 18.8 Å². The first kappa shape index (κ1) is 42.1. The van der Waals surface area contributed by atoms with Crippen molar-refractivity contribution in [1.82, 2.24) is 15.4 Å². The Kier molecular flexibility index (Phi) is 14.8. The van der Waals surface area contributed by atoms with Crippen LogP contribution in [0.4, 0.5) is 0 Å². The van der Waals surface area contributed by atoms with Gasteiger partial charge in [0.05, 0.1) is 35.0 Å². The van der Waals surface area contributed by atoms with Crippen molar-refractivity contribution in [3.8, 4) is 11.9 Å². The lowest BCUT2D eigenvalue weighted by molar-refractivity contribution is -0.153. The van der Waals surface area contributed by atoms with Crippen LogP contribution < -0.4 is 10.1 Å². The van der Waals surface area contributed by atoms with Gasteiger partial charge in [-0.1, -0.05) is 26.0 Å². The van der Waals surface area contributed by atoms with Crippen molar-refractivity contribution in [3.63, 3.8) is 0 Å². The van der Waals surface area contributed by atoms with Gasteiger partial charge in [0.25, 0.3) is 5.88 Å². The minimum Gasteiger partial charge on any atom is -0.470 e. The second-order valence-electron chi connectivity index (χ2n) is 14.7. The summed E-state index contributed by atoms with van der Waals surface area (Å²) >= 11 is 0. The van der Waals surface area contributed by atoms with Crippen molar-refractivity contribution in [2.45, 2.75) is 124 Å². The van der Waals surface area contributed by atoms with Gasteiger partial charge >= 0.3 is 7.82 Å². The van der Waals surface area contributed by atoms with Crippen LogP contribution in [0.1, 0.15) is 111 Å². The number of aromatic nitrogens is 1. The van der Waals surface area contributed by atoms with Crippen LogP contribution >= 0.6 is 7.82 Å². The number of amides is 2. The third-order valence-corrected chi connectivity index (χ3v) is 9.71. The van der Waals surface area contributed by atoms with E-state index < -0.39 is 61.2 Å². The van der Waals surface area contributed by atoms with Crippen LogP contribution in [-0.2, 0) is 37.2 Å². The number of rotatable bonds is 17. The lowest BCUT2D eigenvalue weighted by Gasteiger charge is -2.32. The Balaban J connectivity index is 1.93. The normalized spacial score (nSPS) is 18.2. The molecule has 1 aromatic heterocycles. The van der Waals surface area contributed by atoms with Crippen LogP contribution in [-0.4, -0.2) is 77.9 Å². The number of likely N-dealkylation sites (tertiary alicyclic amines) is 1. The van der Waals surface area contributed by atoms with Crippen molar-refractivity contribution >= 4 is 19.6 Å². The monoisotopic (exact) mass is 734 g/mol. The average molecular weight is 735 g/mol. The molecule has 1 fully saturated rings. The topological polar surface area (TPSA) is 172 Å². The fourth-order valence-electron chi connectivity index (χ4n) is 5.59. The number of nitriles is 1. The minimum atomic E-state index is -4.19. The van der Waals surface area contributed by atoms with E-state index >= 15 is 0 Å². The number of nitrogens with zero attached hydrogens (tertiary/aromatic N) is 3. The van der Waals surface area contributed by atoms with Crippen LogP contribution in [0.2, 0.25) is 0 Å². The van der Waals surface area contributed by atoms with Crippen molar-refractivity contribution in [3.05, 3.63) is 47.2 Å². The number of hydrogen-bond donors (Lipinski definition) is 1. The Labute approximate surface area is 302 Å². The molecule has 3 rings (SSSR count). The van der Waals surface area contributed by atoms with Crippen LogP contribution in [0, 0.1) is 17.2 Å². The molecule has 14 nitrogen and oxygen atoms in total. The van der Waals surface area contributed by atoms with Crippen LogP contribution in [0.3, 0.4) is 0 Å². The summed E-state index contributed by atoms with van der Waals surface area (Å²) in [5, 5.41) is 16.2. The maximum atomic E-state index is 14.5. The summed E-state index contributed by atoms with van der Waals surface area (Å²) < 4.78 is 54.3. The summed E-state index contributed by atoms with van der Waals surface area (Å²) in [6, 6.07) is 9.05. The molecule has 2 aromatic rings. The Bertz CT molecular complexity index is 1500. The smallest absolute Gasteiger partial charge is 0.470 e. The van der Waals surface area contributed by atoms with E-state index in [4.69, 9.17) is 32.3 Å². The summed E-state index contributed by atoms with van der Waals surface area (Å²) in [7, 11) is -4.19. The highest BCUT2D eigenvalue weighted by molar-refractivity contribution is 7.48. The lowest BCUT2D eigenvalue weighted by atomic mass is 9.91. The molecule has 1 aliphatic rings. The number of hydrogen-bond acceptors (Lipinski definition) is 12. The Morgan fingerprint density at radius 1 is 1.04 bits per heavy atom. The highest BCUT2D eigenvalue weighted by Crippen LogP contribution is 2.57. The molecule has 1 aliphatic heterocycles. The minimum absolute atomic E-state index is 0.0223. The molecular formula is C36H55N4O10P. The molecule has 1 saturated heterocycles. The highest BCUT2D eigenvalue weighted by Gasteiger charge is 2.48. The molecule has 4 atom stereocenters. The van der Waals surface area contributed by atoms with E-state index in [9.17, 15) is 19.4 Å². The molecule has 0 unspecified atom stereocenters. The molecule has 0 bridgehead atoms. The molecule has 1 N–H and O–H groups in total. The summed E-state index contributed by atoms with van der Waals surface area (Å²) in [6.07, 6.45) is -1.45. The molecule has 51 heavy (non-hydrogen) atoms. The van der Waals surface area contributed by atoms with Gasteiger partial charge in [-0.05, 0) is 91.1 Å². The zero-order valence-electron chi connectivity index (χ0n) is 31.8. The van der Waals surface area contributed by atoms with E-state index in [-0.39, 0.29) is 37.1 Å². The quantitative estimate of drug-likeness (QED) is 0.135. The Morgan fingerprint density at radius 2 is 1.63 bits per heavy atom. The van der Waals surface area contributed by atoms with Gasteiger partial charge in [0.1, 0.15) is 18.6 Å². The van der Waals surface area contributed by atoms with E-state index in [0.717, 1.165) is 5.56 Å². The number of ether oxygens (including phenoxy) is 3. The molecule has 15 heteroatoms. The van der Waals surface area contributed by atoms with Gasteiger partial charge in [-0.15, -0.1) is 0 Å². The molecule has 0 spiro atoms. The lowest BCUT2D eigenvalue weighted by Crippen LogP contribution is -2.48. The summed E-state index contributed by atoms with van der Waals surface area (Å²) in [5.74, 6) is -1.56. The maximum Gasteiger partial charge on any atom is 0.476 e. The van der Waals surface area contributed by atoms with Crippen LogP contribution in [0.25, 0.3) is 0 Å². The predicted octanol–water partition coefficient (Wildman–Crippen LogP) is 6.67. The van der Waals surface area contributed by atoms with Crippen molar-refractivity contribution in [1.29, 1.82) is 5.26 Å². The van der Waals surface area contributed by atoms with Crippen LogP contribution in [0.15, 0.2) is 34.9 Å². The number of phosphoric acid groups is 1. The number of benzene rings is 1. The predicted molar refractivity (Wildman–Crippen MR) is 189 cm³/mol. The van der Waals surface area contributed by atoms with Crippen molar-refractivity contribution in [2.75, 3.05) is 26.4 Å². The Hall–Kier alpha value is -3.31. The zero-order valence-corrected chi connectivity index (χ0v) is 32.7. The summed E-state index contributed by atoms with van der Waals surface area (Å²) in [5.41, 5.74) is -0.504. The maximum absolute atomic E-state index is 14.5. The van der Waals surface area contributed by atoms with E-state index in [1.54, 1.807) is 71.9 Å². The van der Waals surface area contributed by atoms with Gasteiger partial charge in [-0.2, -0.15) is 5.26 Å². The van der Waals surface area contributed by atoms with E-state index in [1.807, 2.05) is 34.6 Å². The third kappa shape index (κ3) is 12.7. The standard InChI is InChI=1S/C36H55N4O10P/c1-12-44-31(45-13-2)22-46-30-19-29(47-39-30)32(23(3)4)34(42)40-21-27(48-51(43,49-35(6,7)8)50-36(9,10)11)18-28(40)33(41)38-24(5)26-16-14-25(20-37)15-17-26/h14-17,19,23-24,27-28,31-32H,12-13,18,21-22H2,1-11H3,(H,38,41)/t24-,27+,28-,32+/m0/s1. The molecule has 0 radical (unpaired) electrons. The molecule has 1 aromatic carbocycles. The van der Waals surface area contributed by atoms with Crippen LogP contribution in [0.5, 0.6) is 5.88 Å². The van der Waals surface area contributed by atoms with Gasteiger partial charge in [0.2, 0.25) is 11.8 Å². The number of carbonyl (C=O) groups excluding carboxylic acids is 2. The number of nitrogens with one attached hydrogen (secondary N) is 1. The zero-order chi connectivity index (χ0) is 38.1. The van der Waals surface area contributed by atoms with Crippen molar-refractivity contribution < 1.29 is 46.5 Å². The molecule has 284 valence electrons. The van der Waals surface area contributed by atoms with Crippen molar-refractivity contribution in [2.24, 2.45) is 5.92 Å². The van der Waals surface area contributed by atoms with E-state index in [1.165, 1.54) is 4.90 Å². The molecule has 2 amide bonds. The average Bonchev–Trinajstić information content (AvgIpc) is 3.65. The van der Waals surface area contributed by atoms with Gasteiger partial charge < -0.3 is 29.0 Å². The summed E-state index contributed by atoms with van der Waals surface area (Å²) in [4.78, 5) is 29.9. The number of phosphoric ester groups is 1. The SMILES string of the molecule is CCOC(COc1cc([C@H](C(=O)N2C[C@H](OP(=O)(OC(C)(C)C)OC(C)(C)C)C[C@H]2C(=O)N[C@@H](C)c2ccc(C#N)cc2)C(C)C)on1)OCC. The largest absolute Gasteiger partial charge is 0.476 e. The number of carbonyl (C=O) groups is 2. The molecule has 0 aliphatic carbocycles. The fourth-order valence-corrected chi connectivity index (χ4v) is 7.57. The molecule has 2 heterocycles. The third-order valence-electron chi connectivity index (χ3n) is 7.61. The second-order valence-corrected chi connectivity index (χ2v) is 16.2. The first-order chi connectivity index (χ1) is 23.8. The second kappa shape index (κ2) is 17.9. The van der Waals surface area contributed by atoms with E-state index in [2.05, 4.69) is 16.5 Å². The first-order valence-corrected chi connectivity index (χ1v) is 18.9.